The average molecular weight is 269 g/mol. The first-order valence-electron chi connectivity index (χ1n) is 6.63. The molecule has 1 aromatic rings. The molecule has 1 aromatic carbocycles. The molecule has 1 atom stereocenters. The van der Waals surface area contributed by atoms with Gasteiger partial charge in [-0.05, 0) is 50.1 Å². The number of anilines is 1. The second-order valence-corrected chi connectivity index (χ2v) is 4.97. The molecule has 0 bridgehead atoms. The van der Waals surface area contributed by atoms with Gasteiger partial charge in [-0.1, -0.05) is 0 Å². The standard InChI is InChI=1S/C16H19N3O/c1-10-8-13(6-7-19-10)16(18-3)14-9-12(11(2)20)4-5-15(14)17/h4-7,9-10H,8,17H2,1-3H3. The Balaban J connectivity index is 2.48. The van der Waals surface area contributed by atoms with Gasteiger partial charge in [-0.3, -0.25) is 14.8 Å². The zero-order chi connectivity index (χ0) is 14.7. The third-order valence-electron chi connectivity index (χ3n) is 3.37. The van der Waals surface area contributed by atoms with E-state index in [-0.39, 0.29) is 11.8 Å². The summed E-state index contributed by atoms with van der Waals surface area (Å²) in [5.41, 5.74) is 10.1. The zero-order valence-corrected chi connectivity index (χ0v) is 12.1. The van der Waals surface area contributed by atoms with Crippen molar-refractivity contribution in [2.45, 2.75) is 26.3 Å². The van der Waals surface area contributed by atoms with Crippen molar-refractivity contribution in [3.63, 3.8) is 0 Å². The molecule has 1 aliphatic rings. The molecule has 104 valence electrons. The van der Waals surface area contributed by atoms with Gasteiger partial charge < -0.3 is 5.73 Å². The molecule has 0 saturated carbocycles. The number of aliphatic imine (C=N–C) groups is 2. The fraction of sp³-hybridized carbons (Fsp3) is 0.312. The minimum Gasteiger partial charge on any atom is -0.398 e. The van der Waals surface area contributed by atoms with Gasteiger partial charge in [0, 0.05) is 30.1 Å². The smallest absolute Gasteiger partial charge is 0.159 e. The second kappa shape index (κ2) is 5.82. The number of carbonyl (C=O) groups excluding carboxylic acids is 1. The topological polar surface area (TPSA) is 67.8 Å². The monoisotopic (exact) mass is 269 g/mol. The summed E-state index contributed by atoms with van der Waals surface area (Å²) < 4.78 is 0. The molecule has 4 heteroatoms. The Labute approximate surface area is 119 Å². The van der Waals surface area contributed by atoms with E-state index in [4.69, 9.17) is 5.73 Å². The number of Topliss-reactive ketones (excluding diaryl/α,β-unsaturated/α-hetero) is 1. The van der Waals surface area contributed by atoms with Gasteiger partial charge >= 0.3 is 0 Å². The van der Waals surface area contributed by atoms with Gasteiger partial charge in [0.1, 0.15) is 0 Å². The number of hydrogen-bond donors (Lipinski definition) is 1. The summed E-state index contributed by atoms with van der Waals surface area (Å²) in [6, 6.07) is 5.56. The Kier molecular flexibility index (Phi) is 4.13. The van der Waals surface area contributed by atoms with Crippen LogP contribution in [0.15, 0.2) is 39.8 Å². The van der Waals surface area contributed by atoms with Crippen molar-refractivity contribution in [3.8, 4) is 0 Å². The molecule has 20 heavy (non-hydrogen) atoms. The number of nitrogens with two attached hydrogens (primary N) is 1. The molecule has 0 fully saturated rings. The van der Waals surface area contributed by atoms with Crippen LogP contribution in [0.4, 0.5) is 5.69 Å². The van der Waals surface area contributed by atoms with Crippen molar-refractivity contribution in [1.82, 2.24) is 0 Å². The Morgan fingerprint density at radius 2 is 2.20 bits per heavy atom. The van der Waals surface area contributed by atoms with Crippen molar-refractivity contribution in [2.24, 2.45) is 9.98 Å². The predicted molar refractivity (Wildman–Crippen MR) is 84.0 cm³/mol. The van der Waals surface area contributed by atoms with Gasteiger partial charge in [-0.2, -0.15) is 0 Å². The van der Waals surface area contributed by atoms with E-state index in [1.54, 1.807) is 32.3 Å². The lowest BCUT2D eigenvalue weighted by molar-refractivity contribution is 0.101. The van der Waals surface area contributed by atoms with Gasteiger partial charge in [0.2, 0.25) is 0 Å². The fourth-order valence-electron chi connectivity index (χ4n) is 2.31. The van der Waals surface area contributed by atoms with Crippen LogP contribution >= 0.6 is 0 Å². The van der Waals surface area contributed by atoms with Gasteiger partial charge in [-0.15, -0.1) is 0 Å². The molecule has 1 unspecified atom stereocenters. The molecule has 0 amide bonds. The maximum atomic E-state index is 11.5. The first kappa shape index (κ1) is 14.2. The van der Waals surface area contributed by atoms with Crippen LogP contribution in [-0.2, 0) is 0 Å². The number of rotatable bonds is 3. The van der Waals surface area contributed by atoms with Crippen LogP contribution < -0.4 is 5.73 Å². The lowest BCUT2D eigenvalue weighted by Gasteiger charge is -2.17. The number of nitrogen functional groups attached to an aromatic ring is 1. The molecule has 0 spiro atoms. The molecule has 2 N–H and O–H groups in total. The maximum Gasteiger partial charge on any atom is 0.159 e. The Hall–Kier alpha value is -2.23. The molecule has 0 radical (unpaired) electrons. The third-order valence-corrected chi connectivity index (χ3v) is 3.37. The highest BCUT2D eigenvalue weighted by molar-refractivity contribution is 6.17. The summed E-state index contributed by atoms with van der Waals surface area (Å²) in [6.45, 7) is 3.61. The van der Waals surface area contributed by atoms with E-state index >= 15 is 0 Å². The van der Waals surface area contributed by atoms with Crippen molar-refractivity contribution in [3.05, 3.63) is 41.0 Å². The zero-order valence-electron chi connectivity index (χ0n) is 12.1. The molecule has 0 aliphatic carbocycles. The number of nitrogens with zero attached hydrogens (tertiary/aromatic N) is 2. The fourth-order valence-corrected chi connectivity index (χ4v) is 2.31. The molecule has 4 nitrogen and oxygen atoms in total. The SMILES string of the molecule is CN=C(C1=CC=NC(C)C1)c1cc(C(C)=O)ccc1N. The lowest BCUT2D eigenvalue weighted by Crippen LogP contribution is -2.15. The quantitative estimate of drug-likeness (QED) is 0.520. The average Bonchev–Trinajstić information content (AvgIpc) is 2.41. The van der Waals surface area contributed by atoms with Crippen molar-refractivity contribution >= 4 is 23.4 Å². The molecular weight excluding hydrogens is 250 g/mol. The number of carbonyl (C=O) groups is 1. The Morgan fingerprint density at radius 3 is 2.80 bits per heavy atom. The summed E-state index contributed by atoms with van der Waals surface area (Å²) in [6.07, 6.45) is 4.59. The number of ketones is 1. The molecule has 2 rings (SSSR count). The third kappa shape index (κ3) is 2.85. The van der Waals surface area contributed by atoms with Crippen LogP contribution in [0.25, 0.3) is 0 Å². The predicted octanol–water partition coefficient (Wildman–Crippen LogP) is 2.68. The number of allylic oxidation sites excluding steroid dienone is 1. The van der Waals surface area contributed by atoms with Crippen LogP contribution in [0.3, 0.4) is 0 Å². The number of dihydropyridines is 1. The lowest BCUT2D eigenvalue weighted by atomic mass is 9.93. The largest absolute Gasteiger partial charge is 0.398 e. The van der Waals surface area contributed by atoms with E-state index in [1.165, 1.54) is 0 Å². The van der Waals surface area contributed by atoms with Crippen LogP contribution in [-0.4, -0.2) is 30.8 Å². The normalized spacial score (nSPS) is 18.9. The molecule has 1 heterocycles. The second-order valence-electron chi connectivity index (χ2n) is 4.97. The minimum atomic E-state index is 0.0225. The van der Waals surface area contributed by atoms with Crippen LogP contribution in [0.5, 0.6) is 0 Å². The van der Waals surface area contributed by atoms with Crippen molar-refractivity contribution < 1.29 is 4.79 Å². The van der Waals surface area contributed by atoms with E-state index < -0.39 is 0 Å². The first-order valence-corrected chi connectivity index (χ1v) is 6.63. The van der Waals surface area contributed by atoms with E-state index in [2.05, 4.69) is 16.9 Å². The highest BCUT2D eigenvalue weighted by Gasteiger charge is 2.17. The molecule has 0 saturated heterocycles. The van der Waals surface area contributed by atoms with Crippen LogP contribution in [0.1, 0.15) is 36.2 Å². The molecule has 0 aromatic heterocycles. The number of benzene rings is 1. The highest BCUT2D eigenvalue weighted by Crippen LogP contribution is 2.23. The highest BCUT2D eigenvalue weighted by atomic mass is 16.1. The van der Waals surface area contributed by atoms with E-state index in [0.29, 0.717) is 11.3 Å². The summed E-state index contributed by atoms with van der Waals surface area (Å²) in [5.74, 6) is 0.0225. The van der Waals surface area contributed by atoms with E-state index in [9.17, 15) is 4.79 Å². The summed E-state index contributed by atoms with van der Waals surface area (Å²) in [4.78, 5) is 20.2. The van der Waals surface area contributed by atoms with E-state index in [1.807, 2.05) is 12.1 Å². The minimum absolute atomic E-state index is 0.0225. The van der Waals surface area contributed by atoms with Crippen molar-refractivity contribution in [2.75, 3.05) is 12.8 Å². The summed E-state index contributed by atoms with van der Waals surface area (Å²) in [5, 5.41) is 0. The maximum absolute atomic E-state index is 11.5. The van der Waals surface area contributed by atoms with Gasteiger partial charge in [0.25, 0.3) is 0 Å². The number of hydrogen-bond acceptors (Lipinski definition) is 4. The van der Waals surface area contributed by atoms with Crippen LogP contribution in [0, 0.1) is 0 Å². The Morgan fingerprint density at radius 1 is 1.45 bits per heavy atom. The van der Waals surface area contributed by atoms with Gasteiger partial charge in [-0.25, -0.2) is 0 Å². The first-order chi connectivity index (χ1) is 9.52. The van der Waals surface area contributed by atoms with Crippen molar-refractivity contribution in [1.29, 1.82) is 0 Å². The van der Waals surface area contributed by atoms with Crippen LogP contribution in [0.2, 0.25) is 0 Å². The molecular formula is C16H19N3O. The van der Waals surface area contributed by atoms with E-state index in [0.717, 1.165) is 23.3 Å². The van der Waals surface area contributed by atoms with Gasteiger partial charge in [0.15, 0.2) is 5.78 Å². The molecule has 1 aliphatic heterocycles. The summed E-state index contributed by atoms with van der Waals surface area (Å²) in [7, 11) is 1.74. The van der Waals surface area contributed by atoms with Gasteiger partial charge in [0.05, 0.1) is 11.8 Å². The summed E-state index contributed by atoms with van der Waals surface area (Å²) >= 11 is 0. The Bertz CT molecular complexity index is 627.